The molecule has 5 nitrogen and oxygen atoms in total. The molecule has 0 spiro atoms. The van der Waals surface area contributed by atoms with E-state index in [0.29, 0.717) is 6.04 Å². The first kappa shape index (κ1) is 10.4. The highest BCUT2D eigenvalue weighted by molar-refractivity contribution is 5.53. The van der Waals surface area contributed by atoms with Crippen molar-refractivity contribution in [1.82, 2.24) is 24.8 Å². The Morgan fingerprint density at radius 1 is 1.24 bits per heavy atom. The fourth-order valence-corrected chi connectivity index (χ4v) is 2.43. The van der Waals surface area contributed by atoms with Gasteiger partial charge in [0, 0.05) is 24.8 Å². The van der Waals surface area contributed by atoms with E-state index >= 15 is 0 Å². The van der Waals surface area contributed by atoms with Crippen LogP contribution in [0.3, 0.4) is 0 Å². The highest BCUT2D eigenvalue weighted by atomic mass is 15.2. The predicted octanol–water partition coefficient (Wildman–Crippen LogP) is 1.63. The van der Waals surface area contributed by atoms with Crippen LogP contribution in [0.5, 0.6) is 0 Å². The molecule has 1 unspecified atom stereocenters. The van der Waals surface area contributed by atoms with E-state index in [1.165, 1.54) is 6.42 Å². The number of hydrogen-bond donors (Lipinski definition) is 1. The number of imidazole rings is 1. The molecule has 2 aromatic heterocycles. The Hall–Kier alpha value is -1.75. The van der Waals surface area contributed by atoms with Crippen LogP contribution in [0.2, 0.25) is 0 Å². The maximum Gasteiger partial charge on any atom is 0.157 e. The van der Waals surface area contributed by atoms with Crippen LogP contribution in [0.4, 0.5) is 0 Å². The van der Waals surface area contributed by atoms with Crippen molar-refractivity contribution < 1.29 is 0 Å². The predicted molar refractivity (Wildman–Crippen MR) is 64.2 cm³/mol. The highest BCUT2D eigenvalue weighted by Crippen LogP contribution is 2.32. The van der Waals surface area contributed by atoms with Gasteiger partial charge in [0.15, 0.2) is 5.82 Å². The van der Waals surface area contributed by atoms with Crippen molar-refractivity contribution in [2.45, 2.75) is 18.9 Å². The first-order valence-corrected chi connectivity index (χ1v) is 5.87. The smallest absolute Gasteiger partial charge is 0.157 e. The van der Waals surface area contributed by atoms with Crippen LogP contribution in [0.1, 0.15) is 24.6 Å². The molecule has 0 saturated carbocycles. The van der Waals surface area contributed by atoms with Gasteiger partial charge in [0.2, 0.25) is 0 Å². The lowest BCUT2D eigenvalue weighted by molar-refractivity contribution is 0.312. The Morgan fingerprint density at radius 2 is 2.12 bits per heavy atom. The molecule has 1 aliphatic heterocycles. The first-order chi connectivity index (χ1) is 8.36. The second kappa shape index (κ2) is 4.25. The summed E-state index contributed by atoms with van der Waals surface area (Å²) in [7, 11) is 2.14. The number of aromatic nitrogens is 4. The molecule has 0 radical (unpaired) electrons. The van der Waals surface area contributed by atoms with Gasteiger partial charge < -0.3 is 4.98 Å². The largest absolute Gasteiger partial charge is 0.343 e. The van der Waals surface area contributed by atoms with Gasteiger partial charge in [0.25, 0.3) is 0 Å². The van der Waals surface area contributed by atoms with E-state index in [9.17, 15) is 0 Å². The molecule has 1 aliphatic rings. The highest BCUT2D eigenvalue weighted by Gasteiger charge is 2.27. The van der Waals surface area contributed by atoms with Gasteiger partial charge in [-0.2, -0.15) is 0 Å². The van der Waals surface area contributed by atoms with E-state index in [1.54, 1.807) is 18.6 Å². The summed E-state index contributed by atoms with van der Waals surface area (Å²) in [6.45, 7) is 1.12. The van der Waals surface area contributed by atoms with Crippen LogP contribution >= 0.6 is 0 Å². The summed E-state index contributed by atoms with van der Waals surface area (Å²) in [5.74, 6) is 0.799. The topological polar surface area (TPSA) is 57.7 Å². The number of nitrogens with one attached hydrogen (secondary N) is 1. The third-order valence-electron chi connectivity index (χ3n) is 3.29. The number of rotatable bonds is 2. The van der Waals surface area contributed by atoms with Crippen molar-refractivity contribution in [3.63, 3.8) is 0 Å². The molecule has 1 N–H and O–H groups in total. The zero-order valence-electron chi connectivity index (χ0n) is 9.80. The Kier molecular flexibility index (Phi) is 2.60. The summed E-state index contributed by atoms with van der Waals surface area (Å²) < 4.78 is 0. The van der Waals surface area contributed by atoms with E-state index in [-0.39, 0.29) is 0 Å². The molecular formula is C12H15N5. The third-order valence-corrected chi connectivity index (χ3v) is 3.29. The van der Waals surface area contributed by atoms with Gasteiger partial charge in [-0.1, -0.05) is 0 Å². The molecule has 1 saturated heterocycles. The first-order valence-electron chi connectivity index (χ1n) is 5.87. The lowest BCUT2D eigenvalue weighted by Crippen LogP contribution is -2.19. The molecule has 17 heavy (non-hydrogen) atoms. The molecule has 3 rings (SSSR count). The van der Waals surface area contributed by atoms with E-state index in [1.807, 2.05) is 6.20 Å². The fraction of sp³-hybridized carbons (Fsp3) is 0.417. The Morgan fingerprint density at radius 3 is 2.82 bits per heavy atom. The summed E-state index contributed by atoms with van der Waals surface area (Å²) in [5.41, 5.74) is 1.90. The summed E-state index contributed by atoms with van der Waals surface area (Å²) in [6.07, 6.45) is 9.39. The van der Waals surface area contributed by atoms with Crippen molar-refractivity contribution in [3.05, 3.63) is 30.5 Å². The van der Waals surface area contributed by atoms with Gasteiger partial charge in [-0.05, 0) is 26.4 Å². The third kappa shape index (κ3) is 1.82. The monoisotopic (exact) mass is 229 g/mol. The minimum atomic E-state index is 0.365. The van der Waals surface area contributed by atoms with Crippen LogP contribution in [-0.4, -0.2) is 38.4 Å². The van der Waals surface area contributed by atoms with Crippen molar-refractivity contribution >= 4 is 0 Å². The van der Waals surface area contributed by atoms with Crippen molar-refractivity contribution in [1.29, 1.82) is 0 Å². The second-order valence-corrected chi connectivity index (χ2v) is 4.37. The molecule has 1 atom stereocenters. The van der Waals surface area contributed by atoms with E-state index < -0.39 is 0 Å². The molecule has 0 aliphatic carbocycles. The van der Waals surface area contributed by atoms with Gasteiger partial charge in [0.1, 0.15) is 5.69 Å². The number of likely N-dealkylation sites (tertiary alicyclic amines) is 1. The number of aromatic amines is 1. The molecule has 2 aromatic rings. The second-order valence-electron chi connectivity index (χ2n) is 4.37. The van der Waals surface area contributed by atoms with E-state index in [2.05, 4.69) is 31.9 Å². The molecule has 0 amide bonds. The van der Waals surface area contributed by atoms with Crippen LogP contribution in [-0.2, 0) is 0 Å². The van der Waals surface area contributed by atoms with Crippen LogP contribution in [0, 0.1) is 0 Å². The van der Waals surface area contributed by atoms with E-state index in [0.717, 1.165) is 30.2 Å². The standard InChI is InChI=1S/C12H15N5/c1-17-8-2-3-9(17)10-11(14-5-4-13-10)12-15-6-7-16-12/h4-7,9H,2-3,8H2,1H3,(H,15,16). The Bertz CT molecular complexity index is 493. The quantitative estimate of drug-likeness (QED) is 0.850. The molecule has 1 fully saturated rings. The lowest BCUT2D eigenvalue weighted by Gasteiger charge is -2.19. The van der Waals surface area contributed by atoms with E-state index in [4.69, 9.17) is 0 Å². The van der Waals surface area contributed by atoms with Crippen LogP contribution < -0.4 is 0 Å². The van der Waals surface area contributed by atoms with Gasteiger partial charge >= 0.3 is 0 Å². The lowest BCUT2D eigenvalue weighted by atomic mass is 10.1. The normalized spacial score (nSPS) is 20.9. The molecule has 0 bridgehead atoms. The molecule has 88 valence electrons. The van der Waals surface area contributed by atoms with Gasteiger partial charge in [-0.25, -0.2) is 9.97 Å². The summed E-state index contributed by atoms with van der Waals surface area (Å²) in [6, 6.07) is 0.365. The fourth-order valence-electron chi connectivity index (χ4n) is 2.43. The number of hydrogen-bond acceptors (Lipinski definition) is 4. The average molecular weight is 229 g/mol. The molecule has 0 aromatic carbocycles. The maximum atomic E-state index is 4.50. The van der Waals surface area contributed by atoms with Crippen molar-refractivity contribution in [2.75, 3.05) is 13.6 Å². The molecular weight excluding hydrogens is 214 g/mol. The number of nitrogens with zero attached hydrogens (tertiary/aromatic N) is 4. The Balaban J connectivity index is 2.05. The van der Waals surface area contributed by atoms with Gasteiger partial charge in [-0.15, -0.1) is 0 Å². The van der Waals surface area contributed by atoms with Crippen LogP contribution in [0.15, 0.2) is 24.8 Å². The minimum absolute atomic E-state index is 0.365. The molecule has 5 heteroatoms. The SMILES string of the molecule is CN1CCCC1c1nccnc1-c1ncc[nH]1. The zero-order valence-corrected chi connectivity index (χ0v) is 9.80. The van der Waals surface area contributed by atoms with Gasteiger partial charge in [-0.3, -0.25) is 9.88 Å². The van der Waals surface area contributed by atoms with Crippen molar-refractivity contribution in [3.8, 4) is 11.5 Å². The van der Waals surface area contributed by atoms with Gasteiger partial charge in [0.05, 0.1) is 11.7 Å². The zero-order chi connectivity index (χ0) is 11.7. The average Bonchev–Trinajstić information content (AvgIpc) is 3.00. The van der Waals surface area contributed by atoms with Crippen molar-refractivity contribution in [2.24, 2.45) is 0 Å². The summed E-state index contributed by atoms with van der Waals surface area (Å²) in [4.78, 5) is 18.6. The molecule has 3 heterocycles. The maximum absolute atomic E-state index is 4.50. The number of H-pyrrole nitrogens is 1. The Labute approximate surface area is 99.9 Å². The summed E-state index contributed by atoms with van der Waals surface area (Å²) in [5, 5.41) is 0. The minimum Gasteiger partial charge on any atom is -0.343 e. The van der Waals surface area contributed by atoms with Crippen LogP contribution in [0.25, 0.3) is 11.5 Å². The summed E-state index contributed by atoms with van der Waals surface area (Å²) >= 11 is 0.